The minimum Gasteiger partial charge on any atom is -0.438 e. The molecule has 1 atom stereocenters. The SMILES string of the molecule is O=C(Nc1cccc(Cl)c1)N1CCCC1c1nc2cc(-c3cccnc3)ccc2o1. The minimum atomic E-state index is -0.196. The zero-order chi connectivity index (χ0) is 20.5. The van der Waals surface area contributed by atoms with E-state index in [2.05, 4.69) is 10.3 Å². The first kappa shape index (κ1) is 18.6. The van der Waals surface area contributed by atoms with E-state index in [0.717, 1.165) is 29.5 Å². The number of benzene rings is 2. The summed E-state index contributed by atoms with van der Waals surface area (Å²) in [7, 11) is 0. The van der Waals surface area contributed by atoms with E-state index < -0.39 is 0 Å². The predicted octanol–water partition coefficient (Wildman–Crippen LogP) is 5.91. The van der Waals surface area contributed by atoms with E-state index in [9.17, 15) is 4.79 Å². The van der Waals surface area contributed by atoms with Crippen LogP contribution in [-0.2, 0) is 0 Å². The molecule has 1 N–H and O–H groups in total. The van der Waals surface area contributed by atoms with Crippen LogP contribution in [-0.4, -0.2) is 27.4 Å². The molecule has 6 nitrogen and oxygen atoms in total. The highest BCUT2D eigenvalue weighted by molar-refractivity contribution is 6.30. The number of aromatic nitrogens is 2. The van der Waals surface area contributed by atoms with E-state index >= 15 is 0 Å². The van der Waals surface area contributed by atoms with Gasteiger partial charge in [0.25, 0.3) is 0 Å². The predicted molar refractivity (Wildman–Crippen MR) is 116 cm³/mol. The van der Waals surface area contributed by atoms with E-state index in [4.69, 9.17) is 21.0 Å². The van der Waals surface area contributed by atoms with Crippen molar-refractivity contribution in [2.75, 3.05) is 11.9 Å². The first-order chi connectivity index (χ1) is 14.7. The summed E-state index contributed by atoms with van der Waals surface area (Å²) in [5.74, 6) is 0.562. The number of anilines is 1. The van der Waals surface area contributed by atoms with E-state index in [-0.39, 0.29) is 12.1 Å². The van der Waals surface area contributed by atoms with Crippen LogP contribution in [0.3, 0.4) is 0 Å². The van der Waals surface area contributed by atoms with Crippen LogP contribution in [0.2, 0.25) is 5.02 Å². The number of nitrogens with one attached hydrogen (secondary N) is 1. The highest BCUT2D eigenvalue weighted by Crippen LogP contribution is 2.34. The summed E-state index contributed by atoms with van der Waals surface area (Å²) in [5, 5.41) is 3.49. The smallest absolute Gasteiger partial charge is 0.322 e. The molecule has 2 aromatic heterocycles. The number of carbonyl (C=O) groups excluding carboxylic acids is 1. The Morgan fingerprint density at radius 2 is 2.07 bits per heavy atom. The highest BCUT2D eigenvalue weighted by Gasteiger charge is 2.33. The van der Waals surface area contributed by atoms with Gasteiger partial charge >= 0.3 is 6.03 Å². The van der Waals surface area contributed by atoms with Gasteiger partial charge < -0.3 is 14.6 Å². The standard InChI is InChI=1S/C23H19ClN4O2/c24-17-5-1-6-18(13-17)26-23(29)28-11-3-7-20(28)22-27-19-12-15(8-9-21(19)30-22)16-4-2-10-25-14-16/h1-2,4-6,8-10,12-14,20H,3,7,11H2,(H,26,29). The van der Waals surface area contributed by atoms with Gasteiger partial charge in [-0.05, 0) is 54.8 Å². The first-order valence-corrected chi connectivity index (χ1v) is 10.2. The van der Waals surface area contributed by atoms with Gasteiger partial charge in [-0.25, -0.2) is 9.78 Å². The highest BCUT2D eigenvalue weighted by atomic mass is 35.5. The number of likely N-dealkylation sites (tertiary alicyclic amines) is 1. The molecular formula is C23H19ClN4O2. The van der Waals surface area contributed by atoms with Gasteiger partial charge in [0.1, 0.15) is 11.6 Å². The number of rotatable bonds is 3. The van der Waals surface area contributed by atoms with Gasteiger partial charge in [0.05, 0.1) is 0 Å². The van der Waals surface area contributed by atoms with Crippen LogP contribution < -0.4 is 5.32 Å². The monoisotopic (exact) mass is 418 g/mol. The number of pyridine rings is 1. The van der Waals surface area contributed by atoms with E-state index in [0.29, 0.717) is 28.7 Å². The summed E-state index contributed by atoms with van der Waals surface area (Å²) in [5.41, 5.74) is 4.19. The molecule has 30 heavy (non-hydrogen) atoms. The van der Waals surface area contributed by atoms with E-state index in [1.807, 2.05) is 42.6 Å². The number of hydrogen-bond donors (Lipinski definition) is 1. The van der Waals surface area contributed by atoms with Crippen molar-refractivity contribution in [2.24, 2.45) is 0 Å². The summed E-state index contributed by atoms with van der Waals surface area (Å²) in [6.45, 7) is 0.650. The van der Waals surface area contributed by atoms with Gasteiger partial charge in [0.2, 0.25) is 5.89 Å². The van der Waals surface area contributed by atoms with Gasteiger partial charge in [0.15, 0.2) is 5.58 Å². The maximum absolute atomic E-state index is 12.9. The number of nitrogens with zero attached hydrogens (tertiary/aromatic N) is 3. The molecule has 2 aromatic carbocycles. The zero-order valence-corrected chi connectivity index (χ0v) is 16.8. The van der Waals surface area contributed by atoms with Crippen LogP contribution >= 0.6 is 11.6 Å². The third kappa shape index (κ3) is 3.62. The molecule has 0 saturated carbocycles. The third-order valence-corrected chi connectivity index (χ3v) is 5.51. The van der Waals surface area contributed by atoms with Crippen molar-refractivity contribution in [3.63, 3.8) is 0 Å². The lowest BCUT2D eigenvalue weighted by Gasteiger charge is -2.22. The average Bonchev–Trinajstić information content (AvgIpc) is 3.41. The normalized spacial score (nSPS) is 16.2. The fraction of sp³-hybridized carbons (Fsp3) is 0.174. The maximum Gasteiger partial charge on any atom is 0.322 e. The lowest BCUT2D eigenvalue weighted by Crippen LogP contribution is -2.34. The number of fused-ring (bicyclic) bond motifs is 1. The molecule has 3 heterocycles. The molecule has 5 rings (SSSR count). The number of halogens is 1. The van der Waals surface area contributed by atoms with Gasteiger partial charge in [-0.1, -0.05) is 29.8 Å². The van der Waals surface area contributed by atoms with Crippen molar-refractivity contribution in [3.05, 3.63) is 77.9 Å². The minimum absolute atomic E-state index is 0.182. The Balaban J connectivity index is 1.40. The Kier molecular flexibility index (Phi) is 4.85. The van der Waals surface area contributed by atoms with Gasteiger partial charge in [-0.15, -0.1) is 0 Å². The summed E-state index contributed by atoms with van der Waals surface area (Å²) in [4.78, 5) is 23.5. The number of carbonyl (C=O) groups is 1. The fourth-order valence-electron chi connectivity index (χ4n) is 3.83. The van der Waals surface area contributed by atoms with Crippen molar-refractivity contribution in [1.29, 1.82) is 0 Å². The molecule has 0 aliphatic carbocycles. The van der Waals surface area contributed by atoms with E-state index in [1.165, 1.54) is 0 Å². The Morgan fingerprint density at radius 1 is 1.13 bits per heavy atom. The molecule has 0 radical (unpaired) electrons. The van der Waals surface area contributed by atoms with Crippen molar-refractivity contribution in [2.45, 2.75) is 18.9 Å². The molecule has 1 aliphatic rings. The Morgan fingerprint density at radius 3 is 2.90 bits per heavy atom. The van der Waals surface area contributed by atoms with Crippen molar-refractivity contribution < 1.29 is 9.21 Å². The molecule has 7 heteroatoms. The summed E-state index contributed by atoms with van der Waals surface area (Å²) >= 11 is 6.02. The Hall–Kier alpha value is -3.38. The molecular weight excluding hydrogens is 400 g/mol. The molecule has 4 aromatic rings. The molecule has 1 aliphatic heterocycles. The Labute approximate surface area is 178 Å². The number of amides is 2. The summed E-state index contributed by atoms with van der Waals surface area (Å²) in [6, 6.07) is 16.6. The second-order valence-electron chi connectivity index (χ2n) is 7.27. The van der Waals surface area contributed by atoms with Gasteiger partial charge in [-0.3, -0.25) is 4.98 Å². The number of hydrogen-bond acceptors (Lipinski definition) is 4. The maximum atomic E-state index is 12.9. The van der Waals surface area contributed by atoms with Crippen LogP contribution in [0, 0.1) is 0 Å². The first-order valence-electron chi connectivity index (χ1n) is 9.81. The van der Waals surface area contributed by atoms with Crippen LogP contribution in [0.4, 0.5) is 10.5 Å². The topological polar surface area (TPSA) is 71.3 Å². The van der Waals surface area contributed by atoms with Crippen LogP contribution in [0.25, 0.3) is 22.2 Å². The summed E-state index contributed by atoms with van der Waals surface area (Å²) < 4.78 is 6.02. The lowest BCUT2D eigenvalue weighted by molar-refractivity contribution is 0.199. The summed E-state index contributed by atoms with van der Waals surface area (Å²) in [6.07, 6.45) is 5.28. The Bertz CT molecular complexity index is 1210. The van der Waals surface area contributed by atoms with Crippen molar-refractivity contribution in [1.82, 2.24) is 14.9 Å². The zero-order valence-electron chi connectivity index (χ0n) is 16.1. The second-order valence-corrected chi connectivity index (χ2v) is 7.70. The molecule has 1 unspecified atom stereocenters. The molecule has 1 saturated heterocycles. The number of urea groups is 1. The van der Waals surface area contributed by atoms with E-state index in [1.54, 1.807) is 29.3 Å². The van der Waals surface area contributed by atoms with Crippen LogP contribution in [0.1, 0.15) is 24.8 Å². The van der Waals surface area contributed by atoms with Crippen molar-refractivity contribution >= 4 is 34.4 Å². The van der Waals surface area contributed by atoms with Crippen LogP contribution in [0.5, 0.6) is 0 Å². The molecule has 0 bridgehead atoms. The number of oxazole rings is 1. The van der Waals surface area contributed by atoms with Gasteiger partial charge in [-0.2, -0.15) is 0 Å². The third-order valence-electron chi connectivity index (χ3n) is 5.27. The molecule has 0 spiro atoms. The molecule has 2 amide bonds. The fourth-order valence-corrected chi connectivity index (χ4v) is 4.02. The van der Waals surface area contributed by atoms with Crippen LogP contribution in [0.15, 0.2) is 71.4 Å². The lowest BCUT2D eigenvalue weighted by atomic mass is 10.1. The molecule has 150 valence electrons. The largest absolute Gasteiger partial charge is 0.438 e. The van der Waals surface area contributed by atoms with Gasteiger partial charge in [0, 0.05) is 35.2 Å². The second kappa shape index (κ2) is 7.80. The quantitative estimate of drug-likeness (QED) is 0.448. The average molecular weight is 419 g/mol. The van der Waals surface area contributed by atoms with Crippen molar-refractivity contribution in [3.8, 4) is 11.1 Å². The molecule has 1 fully saturated rings.